The summed E-state index contributed by atoms with van der Waals surface area (Å²) >= 11 is 0. The van der Waals surface area contributed by atoms with Crippen LogP contribution in [0.25, 0.3) is 0 Å². The average molecular weight is 1180 g/mol. The summed E-state index contributed by atoms with van der Waals surface area (Å²) in [6, 6.07) is 35.5. The van der Waals surface area contributed by atoms with E-state index in [-0.39, 0.29) is 74.3 Å². The van der Waals surface area contributed by atoms with Gasteiger partial charge < -0.3 is 47.4 Å². The van der Waals surface area contributed by atoms with Gasteiger partial charge in [-0.05, 0) is 172 Å². The van der Waals surface area contributed by atoms with Crippen molar-refractivity contribution in [1.82, 2.24) is 0 Å². The summed E-state index contributed by atoms with van der Waals surface area (Å²) in [6.07, 6.45) is 1.68. The van der Waals surface area contributed by atoms with Gasteiger partial charge in [-0.25, -0.2) is 14.4 Å². The molecule has 0 amide bonds. The van der Waals surface area contributed by atoms with E-state index in [9.17, 15) is 19.2 Å². The first-order valence-corrected chi connectivity index (χ1v) is 31.6. The zero-order valence-electron chi connectivity index (χ0n) is 51.8. The molecular weight excluding hydrogens is 1090 g/mol. The third-order valence-electron chi connectivity index (χ3n) is 22.5. The third-order valence-corrected chi connectivity index (χ3v) is 22.5. The maximum atomic E-state index is 14.7. The van der Waals surface area contributed by atoms with Gasteiger partial charge in [0.05, 0.1) is 40.9 Å². The summed E-state index contributed by atoms with van der Waals surface area (Å²) in [5.74, 6) is -2.41. The Labute approximate surface area is 507 Å². The van der Waals surface area contributed by atoms with Crippen LogP contribution < -0.4 is 0 Å². The van der Waals surface area contributed by atoms with Gasteiger partial charge in [-0.2, -0.15) is 0 Å². The fourth-order valence-corrected chi connectivity index (χ4v) is 17.8. The number of rotatable bonds is 13. The molecule has 0 aromatic heterocycles. The van der Waals surface area contributed by atoms with E-state index in [2.05, 4.69) is 54.5 Å². The van der Waals surface area contributed by atoms with Gasteiger partial charge in [0.25, 0.3) is 0 Å². The molecule has 460 valence electrons. The summed E-state index contributed by atoms with van der Waals surface area (Å²) in [7, 11) is 0. The Bertz CT molecular complexity index is 3150. The van der Waals surface area contributed by atoms with Gasteiger partial charge >= 0.3 is 23.9 Å². The molecule has 0 N–H and O–H groups in total. The molecule has 0 unspecified atom stereocenters. The molecule has 0 bridgehead atoms. The van der Waals surface area contributed by atoms with E-state index in [1.54, 1.807) is 97.9 Å². The van der Waals surface area contributed by atoms with Crippen LogP contribution in [0.1, 0.15) is 170 Å². The van der Waals surface area contributed by atoms with Gasteiger partial charge in [-0.15, -0.1) is 0 Å². The Morgan fingerprint density at radius 1 is 0.570 bits per heavy atom. The van der Waals surface area contributed by atoms with Crippen LogP contribution in [0, 0.1) is 50.2 Å². The van der Waals surface area contributed by atoms with Gasteiger partial charge in [0.1, 0.15) is 24.9 Å². The van der Waals surface area contributed by atoms with Crippen LogP contribution in [-0.2, 0) is 58.8 Å². The number of fused-ring (bicyclic) bond motifs is 8. The largest absolute Gasteiger partial charge is 0.460 e. The molecule has 4 aromatic rings. The first-order valence-electron chi connectivity index (χ1n) is 31.6. The van der Waals surface area contributed by atoms with E-state index in [1.807, 2.05) is 44.2 Å². The fourth-order valence-electron chi connectivity index (χ4n) is 17.8. The van der Waals surface area contributed by atoms with Crippen molar-refractivity contribution >= 4 is 23.9 Å². The third kappa shape index (κ3) is 10.9. The highest BCUT2D eigenvalue weighted by Crippen LogP contribution is 2.76. The number of esters is 4. The molecule has 3 saturated heterocycles. The van der Waals surface area contributed by atoms with Gasteiger partial charge in [-0.3, -0.25) is 4.79 Å². The van der Waals surface area contributed by atoms with Crippen molar-refractivity contribution in [3.8, 4) is 0 Å². The highest BCUT2D eigenvalue weighted by Gasteiger charge is 2.70. The van der Waals surface area contributed by atoms with E-state index in [1.165, 1.54) is 5.57 Å². The molecule has 14 nitrogen and oxygen atoms in total. The van der Waals surface area contributed by atoms with Crippen molar-refractivity contribution in [1.29, 1.82) is 0 Å². The first kappa shape index (κ1) is 60.5. The van der Waals surface area contributed by atoms with Crippen LogP contribution in [0.5, 0.6) is 0 Å². The zero-order chi connectivity index (χ0) is 60.6. The smallest absolute Gasteiger partial charge is 0.338 e. The van der Waals surface area contributed by atoms with Crippen molar-refractivity contribution in [2.45, 2.75) is 207 Å². The van der Waals surface area contributed by atoms with E-state index in [0.717, 1.165) is 69.8 Å². The minimum absolute atomic E-state index is 0.00928. The predicted molar refractivity (Wildman–Crippen MR) is 320 cm³/mol. The molecule has 5 aliphatic carbocycles. The Kier molecular flexibility index (Phi) is 16.2. The zero-order valence-corrected chi connectivity index (χ0v) is 51.8. The Morgan fingerprint density at radius 2 is 1.14 bits per heavy atom. The van der Waals surface area contributed by atoms with E-state index in [4.69, 9.17) is 47.4 Å². The van der Waals surface area contributed by atoms with Gasteiger partial charge in [0, 0.05) is 0 Å². The molecule has 86 heavy (non-hydrogen) atoms. The maximum Gasteiger partial charge on any atom is 0.338 e. The summed E-state index contributed by atoms with van der Waals surface area (Å²) in [5, 5.41) is 0. The van der Waals surface area contributed by atoms with Crippen LogP contribution in [0.3, 0.4) is 0 Å². The topological polar surface area (TPSA) is 161 Å². The van der Waals surface area contributed by atoms with Crippen LogP contribution in [0.4, 0.5) is 0 Å². The van der Waals surface area contributed by atoms with Gasteiger partial charge in [0.15, 0.2) is 36.7 Å². The standard InChI is InChI=1S/C72H88O14/c1-44-55(81-60(73)46-25-17-12-18-26-46)57(82-61(74)47-27-19-13-20-28-47)59(83-62(75)48-29-21-14-22-30-48)64(79-44)84-58-56-51(85-68(6,7)86-56)43-77-63(58)80-54-34-35-69(8)52(67(54,4)5)33-36-71(10)53(69)32-31-49-50-41-66(2,3)37-39-72(50,40-38-70(49,71)9)65(76)78-42-45-23-15-11-16-24-45/h11-31,44,50-59,63-64H,32-43H2,1-10H3/t44-,50-,51-,52-,53+,54-,55-,56-,57+,58+,59+,63-,64-,69-,70+,71+,72-/m0/s1. The lowest BCUT2D eigenvalue weighted by Gasteiger charge is -2.71. The highest BCUT2D eigenvalue weighted by molar-refractivity contribution is 5.91. The second-order valence-corrected chi connectivity index (χ2v) is 28.8. The average Bonchev–Trinajstić information content (AvgIpc) is 0.765. The minimum atomic E-state index is -1.51. The lowest BCUT2D eigenvalue weighted by Crippen LogP contribution is -2.66. The minimum Gasteiger partial charge on any atom is -0.460 e. The molecule has 8 aliphatic rings. The number of hydrogen-bond donors (Lipinski definition) is 0. The number of hydrogen-bond acceptors (Lipinski definition) is 14. The molecule has 12 rings (SSSR count). The molecule has 17 atom stereocenters. The maximum absolute atomic E-state index is 14.7. The van der Waals surface area contributed by atoms with Crippen LogP contribution >= 0.6 is 0 Å². The normalized spacial score (nSPS) is 38.2. The second kappa shape index (κ2) is 23.0. The summed E-state index contributed by atoms with van der Waals surface area (Å²) in [6.45, 7) is 23.0. The van der Waals surface area contributed by atoms with Crippen LogP contribution in [0.15, 0.2) is 133 Å². The first-order chi connectivity index (χ1) is 41.0. The Balaban J connectivity index is 0.832. The van der Waals surface area contributed by atoms with E-state index >= 15 is 0 Å². The molecule has 4 aromatic carbocycles. The fraction of sp³-hybridized carbons (Fsp3) is 0.583. The quantitative estimate of drug-likeness (QED) is 0.0538. The molecule has 0 spiro atoms. The van der Waals surface area contributed by atoms with E-state index < -0.39 is 84.4 Å². The molecule has 7 fully saturated rings. The molecule has 3 heterocycles. The predicted octanol–water partition coefficient (Wildman–Crippen LogP) is 13.6. The Hall–Kier alpha value is -5.74. The van der Waals surface area contributed by atoms with Gasteiger partial charge in [-0.1, -0.05) is 145 Å². The Morgan fingerprint density at radius 3 is 1.76 bits per heavy atom. The number of benzene rings is 4. The second-order valence-electron chi connectivity index (χ2n) is 28.8. The van der Waals surface area contributed by atoms with Crippen LogP contribution in [-0.4, -0.2) is 97.7 Å². The van der Waals surface area contributed by atoms with Crippen LogP contribution in [0.2, 0.25) is 0 Å². The summed E-state index contributed by atoms with van der Waals surface area (Å²) in [5.41, 5.74) is 2.34. The van der Waals surface area contributed by atoms with Crippen molar-refractivity contribution in [3.63, 3.8) is 0 Å². The van der Waals surface area contributed by atoms with Crippen molar-refractivity contribution in [3.05, 3.63) is 155 Å². The molecule has 14 heteroatoms. The number of carbonyl (C=O) groups is 4. The molecular formula is C72H88O14. The van der Waals surface area contributed by atoms with Crippen molar-refractivity contribution in [2.75, 3.05) is 6.61 Å². The van der Waals surface area contributed by atoms with Gasteiger partial charge in [0.2, 0.25) is 0 Å². The lowest BCUT2D eigenvalue weighted by molar-refractivity contribution is -0.357. The number of allylic oxidation sites excluding steroid dienone is 2. The van der Waals surface area contributed by atoms with E-state index in [0.29, 0.717) is 12.5 Å². The van der Waals surface area contributed by atoms with Crippen molar-refractivity contribution < 1.29 is 66.5 Å². The summed E-state index contributed by atoms with van der Waals surface area (Å²) < 4.78 is 66.7. The lowest BCUT2D eigenvalue weighted by atomic mass is 9.33. The summed E-state index contributed by atoms with van der Waals surface area (Å²) in [4.78, 5) is 57.3. The molecule has 0 radical (unpaired) electrons. The molecule has 3 aliphatic heterocycles. The highest BCUT2D eigenvalue weighted by atomic mass is 16.8. The van der Waals surface area contributed by atoms with Crippen molar-refractivity contribution in [2.24, 2.45) is 50.2 Å². The number of carbonyl (C=O) groups excluding carboxylic acids is 4. The monoisotopic (exact) mass is 1180 g/mol. The number of ether oxygens (including phenoxy) is 10. The molecule has 4 saturated carbocycles. The SMILES string of the molecule is C[C@@H]1O[C@@H](O[C@H]2[C@H](O[C@H]3CC[C@]4(C)[C@H]5CC=C6[C@@H]7CC(C)(C)CC[C@]7(C(=O)OCc7ccccc7)CC[C@@]6(C)[C@]5(C)CC[C@H]4C3(C)C)OC[C@@H]3OC(C)(C)O[C@H]23)[C@H](OC(=O)c2ccccc2)[C@H](OC(=O)c2ccccc2)[C@H]1OC(=O)c1ccccc1.